The van der Waals surface area contributed by atoms with E-state index in [4.69, 9.17) is 4.42 Å². The minimum atomic E-state index is -0.784. The molecule has 0 aromatic carbocycles. The maximum atomic E-state index is 12.2. The van der Waals surface area contributed by atoms with Crippen LogP contribution in [-0.4, -0.2) is 49.4 Å². The first kappa shape index (κ1) is 19.1. The van der Waals surface area contributed by atoms with Gasteiger partial charge < -0.3 is 19.8 Å². The van der Waals surface area contributed by atoms with Crippen molar-refractivity contribution in [1.29, 1.82) is 0 Å². The Morgan fingerprint density at radius 1 is 1.30 bits per heavy atom. The summed E-state index contributed by atoms with van der Waals surface area (Å²) in [7, 11) is 1.28. The second-order valence-corrected chi connectivity index (χ2v) is 7.04. The number of rotatable bonds is 6. The molecule has 2 N–H and O–H groups in total. The van der Waals surface area contributed by atoms with Gasteiger partial charge in [0.15, 0.2) is 0 Å². The summed E-state index contributed by atoms with van der Waals surface area (Å²) in [6, 6.07) is 5.04. The number of hydrogen-bond acceptors (Lipinski definition) is 7. The second kappa shape index (κ2) is 8.83. The van der Waals surface area contributed by atoms with Gasteiger partial charge >= 0.3 is 17.8 Å². The van der Waals surface area contributed by atoms with E-state index in [9.17, 15) is 14.4 Å². The topological polar surface area (TPSA) is 101 Å². The molecule has 1 aliphatic rings. The van der Waals surface area contributed by atoms with Crippen molar-refractivity contribution >= 4 is 34.1 Å². The van der Waals surface area contributed by atoms with Crippen LogP contribution in [-0.2, 0) is 14.3 Å². The highest BCUT2D eigenvalue weighted by Crippen LogP contribution is 2.25. The molecule has 1 atom stereocenters. The molecule has 2 aromatic heterocycles. The van der Waals surface area contributed by atoms with Gasteiger partial charge in [0.05, 0.1) is 30.0 Å². The molecule has 8 nitrogen and oxygen atoms in total. The second-order valence-electron chi connectivity index (χ2n) is 6.13. The number of carbonyl (C=O) groups is 3. The van der Waals surface area contributed by atoms with E-state index in [1.54, 1.807) is 11.6 Å². The number of furan rings is 1. The van der Waals surface area contributed by atoms with Crippen molar-refractivity contribution in [1.82, 2.24) is 10.2 Å². The number of nitrogens with zero attached hydrogens (tertiary/aromatic N) is 1. The fraction of sp³-hybridized carbons (Fsp3) is 0.389. The summed E-state index contributed by atoms with van der Waals surface area (Å²) in [5.41, 5.74) is 0.324. The van der Waals surface area contributed by atoms with Gasteiger partial charge in [0.1, 0.15) is 5.76 Å². The molecule has 3 rings (SSSR count). The molecule has 2 aromatic rings. The van der Waals surface area contributed by atoms with Crippen LogP contribution in [0.2, 0.25) is 0 Å². The van der Waals surface area contributed by atoms with Crippen LogP contribution in [0.15, 0.2) is 34.3 Å². The third-order valence-electron chi connectivity index (χ3n) is 4.37. The molecule has 9 heteroatoms. The molecule has 144 valence electrons. The van der Waals surface area contributed by atoms with Crippen LogP contribution < -0.4 is 10.6 Å². The van der Waals surface area contributed by atoms with Gasteiger partial charge in [-0.3, -0.25) is 14.5 Å². The Kier molecular flexibility index (Phi) is 6.25. The average molecular weight is 391 g/mol. The van der Waals surface area contributed by atoms with Crippen molar-refractivity contribution in [2.24, 2.45) is 0 Å². The van der Waals surface area contributed by atoms with Gasteiger partial charge in [-0.05, 0) is 44.1 Å². The van der Waals surface area contributed by atoms with Crippen LogP contribution in [0.5, 0.6) is 0 Å². The molecular formula is C18H21N3O5S. The first-order valence-electron chi connectivity index (χ1n) is 8.62. The fourth-order valence-electron chi connectivity index (χ4n) is 3.01. The molecule has 0 bridgehead atoms. The highest BCUT2D eigenvalue weighted by atomic mass is 32.1. The number of esters is 1. The molecule has 27 heavy (non-hydrogen) atoms. The molecule has 1 saturated heterocycles. The van der Waals surface area contributed by atoms with Gasteiger partial charge in [-0.25, -0.2) is 4.79 Å². The minimum Gasteiger partial charge on any atom is -0.468 e. The number of likely N-dealkylation sites (tertiary alicyclic amines) is 1. The lowest BCUT2D eigenvalue weighted by Gasteiger charge is -2.25. The summed E-state index contributed by atoms with van der Waals surface area (Å²) in [5, 5.41) is 7.12. The Morgan fingerprint density at radius 3 is 2.74 bits per heavy atom. The van der Waals surface area contributed by atoms with Gasteiger partial charge in [0.25, 0.3) is 0 Å². The third kappa shape index (κ3) is 4.75. The fourth-order valence-corrected chi connectivity index (χ4v) is 3.77. The Morgan fingerprint density at radius 2 is 2.07 bits per heavy atom. The molecule has 1 unspecified atom stereocenters. The number of hydrogen-bond donors (Lipinski definition) is 2. The normalized spacial score (nSPS) is 15.3. The van der Waals surface area contributed by atoms with Gasteiger partial charge in [0.2, 0.25) is 0 Å². The van der Waals surface area contributed by atoms with Gasteiger partial charge in [-0.15, -0.1) is 11.3 Å². The van der Waals surface area contributed by atoms with Crippen molar-refractivity contribution < 1.29 is 23.5 Å². The quantitative estimate of drug-likeness (QED) is 0.577. The monoisotopic (exact) mass is 391 g/mol. The zero-order valence-corrected chi connectivity index (χ0v) is 15.7. The number of anilines is 1. The van der Waals surface area contributed by atoms with Crippen molar-refractivity contribution in [3.8, 4) is 0 Å². The van der Waals surface area contributed by atoms with Crippen molar-refractivity contribution in [2.45, 2.75) is 18.9 Å². The Hall–Kier alpha value is -2.65. The molecule has 3 heterocycles. The summed E-state index contributed by atoms with van der Waals surface area (Å²) in [4.78, 5) is 38.0. The van der Waals surface area contributed by atoms with Crippen LogP contribution >= 0.6 is 11.3 Å². The zero-order chi connectivity index (χ0) is 19.2. The molecule has 0 spiro atoms. The average Bonchev–Trinajstić information content (AvgIpc) is 3.43. The van der Waals surface area contributed by atoms with Gasteiger partial charge in [0, 0.05) is 11.9 Å². The molecule has 0 aliphatic carbocycles. The maximum absolute atomic E-state index is 12.2. The van der Waals surface area contributed by atoms with Crippen molar-refractivity contribution in [2.75, 3.05) is 32.1 Å². The van der Waals surface area contributed by atoms with Crippen LogP contribution in [0, 0.1) is 0 Å². The lowest BCUT2D eigenvalue weighted by molar-refractivity contribution is -0.136. The standard InChI is InChI=1S/C18H21N3O5S/c1-25-18(24)12-9-15(27-11-12)20-17(23)16(22)19-10-13(14-5-4-8-26-14)21-6-2-3-7-21/h4-5,8-9,11,13H,2-3,6-7,10H2,1H3,(H,19,22)(H,20,23). The van der Waals surface area contributed by atoms with Crippen molar-refractivity contribution in [3.63, 3.8) is 0 Å². The predicted molar refractivity (Wildman–Crippen MR) is 99.6 cm³/mol. The van der Waals surface area contributed by atoms with Crippen LogP contribution in [0.25, 0.3) is 0 Å². The summed E-state index contributed by atoms with van der Waals surface area (Å²) < 4.78 is 10.1. The number of methoxy groups -OCH3 is 1. The van der Waals surface area contributed by atoms with E-state index >= 15 is 0 Å². The molecule has 0 saturated carbocycles. The van der Waals surface area contributed by atoms with E-state index in [0.717, 1.165) is 43.0 Å². The van der Waals surface area contributed by atoms with Gasteiger partial charge in [-0.2, -0.15) is 0 Å². The highest BCUT2D eigenvalue weighted by Gasteiger charge is 2.27. The van der Waals surface area contributed by atoms with E-state index in [2.05, 4.69) is 20.3 Å². The largest absolute Gasteiger partial charge is 0.468 e. The van der Waals surface area contributed by atoms with Crippen LogP contribution in [0.3, 0.4) is 0 Å². The summed E-state index contributed by atoms with van der Waals surface area (Å²) >= 11 is 1.15. The summed E-state index contributed by atoms with van der Waals surface area (Å²) in [6.45, 7) is 2.13. The first-order chi connectivity index (χ1) is 13.1. The molecule has 2 amide bonds. The number of thiophene rings is 1. The van der Waals surface area contributed by atoms with Gasteiger partial charge in [-0.1, -0.05) is 0 Å². The highest BCUT2D eigenvalue weighted by molar-refractivity contribution is 7.14. The van der Waals surface area contributed by atoms with E-state index in [1.807, 2.05) is 12.1 Å². The van der Waals surface area contributed by atoms with E-state index in [0.29, 0.717) is 10.6 Å². The third-order valence-corrected chi connectivity index (χ3v) is 5.22. The Bertz CT molecular complexity index is 796. The number of carbonyl (C=O) groups excluding carboxylic acids is 3. The Labute approximate surface area is 160 Å². The molecular weight excluding hydrogens is 370 g/mol. The lowest BCUT2D eigenvalue weighted by Crippen LogP contribution is -2.41. The zero-order valence-electron chi connectivity index (χ0n) is 14.9. The maximum Gasteiger partial charge on any atom is 0.338 e. The SMILES string of the molecule is COC(=O)c1csc(NC(=O)C(=O)NCC(c2ccco2)N2CCCC2)c1. The first-order valence-corrected chi connectivity index (χ1v) is 9.50. The Balaban J connectivity index is 1.56. The minimum absolute atomic E-state index is 0.105. The van der Waals surface area contributed by atoms with Crippen LogP contribution in [0.1, 0.15) is 35.0 Å². The number of amides is 2. The molecule has 1 fully saturated rings. The summed E-state index contributed by atoms with van der Waals surface area (Å²) in [5.74, 6) is -1.26. The smallest absolute Gasteiger partial charge is 0.338 e. The van der Waals surface area contributed by atoms with Crippen molar-refractivity contribution in [3.05, 3.63) is 41.2 Å². The van der Waals surface area contributed by atoms with E-state index in [-0.39, 0.29) is 12.6 Å². The number of ether oxygens (including phenoxy) is 1. The lowest BCUT2D eigenvalue weighted by atomic mass is 10.2. The molecule has 0 radical (unpaired) electrons. The molecule has 1 aliphatic heterocycles. The van der Waals surface area contributed by atoms with E-state index in [1.165, 1.54) is 13.2 Å². The van der Waals surface area contributed by atoms with E-state index < -0.39 is 17.8 Å². The summed E-state index contributed by atoms with van der Waals surface area (Å²) in [6.07, 6.45) is 3.81. The van der Waals surface area contributed by atoms with Crippen LogP contribution in [0.4, 0.5) is 5.00 Å². The predicted octanol–water partition coefficient (Wildman–Crippen LogP) is 2.02. The number of nitrogens with one attached hydrogen (secondary N) is 2.